The molecule has 0 saturated carbocycles. The summed E-state index contributed by atoms with van der Waals surface area (Å²) in [6.45, 7) is 3.40. The molecule has 2 aromatic rings. The second-order valence-corrected chi connectivity index (χ2v) is 10.5. The summed E-state index contributed by atoms with van der Waals surface area (Å²) in [4.78, 5) is 49.2. The molecule has 172 valence electrons. The fraction of sp³-hybridized carbons (Fsp3) is 0.667. The first-order chi connectivity index (χ1) is 15.6. The average molecular weight is 457 g/mol. The maximum absolute atomic E-state index is 13.1. The van der Waals surface area contributed by atoms with Gasteiger partial charge >= 0.3 is 0 Å². The largest absolute Gasteiger partial charge is 0.343 e. The molecule has 2 fully saturated rings. The number of nitrogens with zero attached hydrogens (tertiary/aromatic N) is 4. The van der Waals surface area contributed by atoms with E-state index in [1.54, 1.807) is 22.2 Å². The molecule has 0 atom stereocenters. The molecule has 0 spiro atoms. The van der Waals surface area contributed by atoms with Crippen LogP contribution in [0.4, 0.5) is 0 Å². The van der Waals surface area contributed by atoms with Crippen LogP contribution in [0.25, 0.3) is 10.2 Å². The maximum Gasteiger partial charge on any atom is 0.262 e. The second-order valence-electron chi connectivity index (χ2n) is 9.43. The normalized spacial score (nSPS) is 19.9. The zero-order chi connectivity index (χ0) is 22.1. The lowest BCUT2D eigenvalue weighted by atomic mass is 9.94. The number of amides is 2. The number of carbonyl (C=O) groups excluding carboxylic acids is 2. The number of hydrogen-bond donors (Lipinski definition) is 0. The van der Waals surface area contributed by atoms with Gasteiger partial charge in [-0.05, 0) is 63.4 Å². The molecule has 0 bridgehead atoms. The second kappa shape index (κ2) is 9.33. The molecule has 1 aliphatic carbocycles. The summed E-state index contributed by atoms with van der Waals surface area (Å²) in [6.07, 6.45) is 11.1. The Hall–Kier alpha value is -2.22. The summed E-state index contributed by atoms with van der Waals surface area (Å²) in [5.41, 5.74) is 1.18. The lowest BCUT2D eigenvalue weighted by Crippen LogP contribution is -2.45. The number of carbonyl (C=O) groups is 2. The van der Waals surface area contributed by atoms with Crippen LogP contribution in [0, 0.1) is 5.92 Å². The van der Waals surface area contributed by atoms with Crippen molar-refractivity contribution in [3.05, 3.63) is 27.1 Å². The van der Waals surface area contributed by atoms with E-state index in [-0.39, 0.29) is 23.3 Å². The lowest BCUT2D eigenvalue weighted by molar-refractivity contribution is -0.141. The molecule has 32 heavy (non-hydrogen) atoms. The summed E-state index contributed by atoms with van der Waals surface area (Å²) in [7, 11) is 0. The minimum atomic E-state index is -0.00645. The van der Waals surface area contributed by atoms with Gasteiger partial charge < -0.3 is 9.80 Å². The number of fused-ring (bicyclic) bond motifs is 3. The van der Waals surface area contributed by atoms with Crippen LogP contribution in [0.5, 0.6) is 0 Å². The summed E-state index contributed by atoms with van der Waals surface area (Å²) < 4.78 is 1.61. The van der Waals surface area contributed by atoms with Crippen LogP contribution >= 0.6 is 11.3 Å². The molecular weight excluding hydrogens is 424 g/mol. The number of rotatable bonds is 4. The van der Waals surface area contributed by atoms with Crippen molar-refractivity contribution in [3.63, 3.8) is 0 Å². The van der Waals surface area contributed by atoms with Crippen molar-refractivity contribution in [3.8, 4) is 0 Å². The Bertz CT molecular complexity index is 1060. The minimum absolute atomic E-state index is 0.00645. The zero-order valence-corrected chi connectivity index (χ0v) is 19.5. The Balaban J connectivity index is 1.18. The fourth-order valence-corrected chi connectivity index (χ4v) is 6.68. The Kier molecular flexibility index (Phi) is 6.31. The van der Waals surface area contributed by atoms with Crippen molar-refractivity contribution in [2.75, 3.05) is 26.2 Å². The Morgan fingerprint density at radius 2 is 1.72 bits per heavy atom. The Morgan fingerprint density at radius 3 is 2.50 bits per heavy atom. The van der Waals surface area contributed by atoms with Crippen LogP contribution in [0.3, 0.4) is 0 Å². The van der Waals surface area contributed by atoms with Crippen LogP contribution in [0.2, 0.25) is 0 Å². The van der Waals surface area contributed by atoms with Gasteiger partial charge in [0.25, 0.3) is 5.56 Å². The summed E-state index contributed by atoms with van der Waals surface area (Å²) in [5, 5.41) is 0.775. The molecular formula is C24H32N4O3S. The van der Waals surface area contributed by atoms with E-state index >= 15 is 0 Å². The van der Waals surface area contributed by atoms with Crippen LogP contribution < -0.4 is 5.56 Å². The molecule has 2 saturated heterocycles. The molecule has 0 unspecified atom stereocenters. The van der Waals surface area contributed by atoms with Gasteiger partial charge in [0.1, 0.15) is 4.83 Å². The highest BCUT2D eigenvalue weighted by Gasteiger charge is 2.30. The predicted octanol–water partition coefficient (Wildman–Crippen LogP) is 2.98. The maximum atomic E-state index is 13.1. The molecule has 8 heteroatoms. The first-order valence-corrected chi connectivity index (χ1v) is 13.0. The molecule has 7 nitrogen and oxygen atoms in total. The zero-order valence-electron chi connectivity index (χ0n) is 18.7. The van der Waals surface area contributed by atoms with Crippen LogP contribution in [0.1, 0.15) is 61.8 Å². The van der Waals surface area contributed by atoms with E-state index in [4.69, 9.17) is 0 Å². The van der Waals surface area contributed by atoms with Crippen molar-refractivity contribution in [2.45, 2.75) is 70.8 Å². The van der Waals surface area contributed by atoms with Crippen molar-refractivity contribution in [2.24, 2.45) is 5.92 Å². The number of aromatic nitrogens is 2. The van der Waals surface area contributed by atoms with E-state index in [0.717, 1.165) is 68.3 Å². The third-order valence-corrected chi connectivity index (χ3v) is 8.57. The monoisotopic (exact) mass is 456 g/mol. The first-order valence-electron chi connectivity index (χ1n) is 12.2. The minimum Gasteiger partial charge on any atom is -0.343 e. The SMILES string of the molecule is O=C(CCn1cnc2sc3c(c2c1=O)CCCC3)N1CCC(C(=O)N2CCCCC2)CC1. The predicted molar refractivity (Wildman–Crippen MR) is 125 cm³/mol. The van der Waals surface area contributed by atoms with Crippen molar-refractivity contribution in [1.82, 2.24) is 19.4 Å². The van der Waals surface area contributed by atoms with E-state index in [2.05, 4.69) is 4.98 Å². The van der Waals surface area contributed by atoms with Crippen molar-refractivity contribution < 1.29 is 9.59 Å². The number of likely N-dealkylation sites (tertiary alicyclic amines) is 2. The third kappa shape index (κ3) is 4.21. The number of aryl methyl sites for hydroxylation is 3. The molecule has 0 aromatic carbocycles. The molecule has 0 N–H and O–H groups in total. The molecule has 2 aromatic heterocycles. The van der Waals surface area contributed by atoms with E-state index in [1.807, 2.05) is 9.80 Å². The van der Waals surface area contributed by atoms with Gasteiger partial charge in [0, 0.05) is 49.9 Å². The average Bonchev–Trinajstić information content (AvgIpc) is 3.23. The van der Waals surface area contributed by atoms with Crippen LogP contribution in [-0.2, 0) is 29.0 Å². The van der Waals surface area contributed by atoms with Gasteiger partial charge in [-0.25, -0.2) is 4.98 Å². The van der Waals surface area contributed by atoms with Gasteiger partial charge in [0.15, 0.2) is 0 Å². The molecule has 0 radical (unpaired) electrons. The van der Waals surface area contributed by atoms with Crippen LogP contribution in [-0.4, -0.2) is 57.3 Å². The first kappa shape index (κ1) is 21.6. The van der Waals surface area contributed by atoms with Crippen molar-refractivity contribution >= 4 is 33.4 Å². The van der Waals surface area contributed by atoms with Gasteiger partial charge in [-0.3, -0.25) is 19.0 Å². The molecule has 5 rings (SSSR count). The smallest absolute Gasteiger partial charge is 0.262 e. The topological polar surface area (TPSA) is 75.5 Å². The Labute approximate surface area is 192 Å². The fourth-order valence-electron chi connectivity index (χ4n) is 5.46. The van der Waals surface area contributed by atoms with E-state index in [1.165, 1.54) is 23.3 Å². The summed E-state index contributed by atoms with van der Waals surface area (Å²) in [5.74, 6) is 0.395. The lowest BCUT2D eigenvalue weighted by Gasteiger charge is -2.35. The van der Waals surface area contributed by atoms with E-state index in [9.17, 15) is 14.4 Å². The highest BCUT2D eigenvalue weighted by atomic mass is 32.1. The van der Waals surface area contributed by atoms with Gasteiger partial charge in [0.2, 0.25) is 11.8 Å². The number of hydrogen-bond acceptors (Lipinski definition) is 5. The van der Waals surface area contributed by atoms with E-state index < -0.39 is 0 Å². The summed E-state index contributed by atoms with van der Waals surface area (Å²) in [6, 6.07) is 0. The molecule has 2 aliphatic heterocycles. The standard InChI is InChI=1S/C24H32N4O3S/c29-20(26-13-8-17(9-14-26)23(30)27-11-4-1-5-12-27)10-15-28-16-25-22-21(24(28)31)18-6-2-3-7-19(18)32-22/h16-17H,1-15H2. The number of thiophene rings is 1. The summed E-state index contributed by atoms with van der Waals surface area (Å²) >= 11 is 1.65. The number of piperidine rings is 2. The third-order valence-electron chi connectivity index (χ3n) is 7.37. The van der Waals surface area contributed by atoms with Crippen LogP contribution in [0.15, 0.2) is 11.1 Å². The van der Waals surface area contributed by atoms with Gasteiger partial charge in [-0.2, -0.15) is 0 Å². The highest BCUT2D eigenvalue weighted by Crippen LogP contribution is 2.33. The quantitative estimate of drug-likeness (QED) is 0.709. The van der Waals surface area contributed by atoms with Gasteiger partial charge in [-0.15, -0.1) is 11.3 Å². The highest BCUT2D eigenvalue weighted by molar-refractivity contribution is 7.18. The van der Waals surface area contributed by atoms with Gasteiger partial charge in [-0.1, -0.05) is 0 Å². The molecule has 3 aliphatic rings. The molecule has 4 heterocycles. The van der Waals surface area contributed by atoms with Gasteiger partial charge in [0.05, 0.1) is 11.7 Å². The van der Waals surface area contributed by atoms with E-state index in [0.29, 0.717) is 26.1 Å². The van der Waals surface area contributed by atoms with Crippen molar-refractivity contribution in [1.29, 1.82) is 0 Å². The molecule has 2 amide bonds. The Morgan fingerprint density at radius 1 is 0.969 bits per heavy atom.